The Morgan fingerprint density at radius 1 is 1.47 bits per heavy atom. The molecule has 3 heteroatoms. The lowest BCUT2D eigenvalue weighted by Gasteiger charge is -2.14. The van der Waals surface area contributed by atoms with Gasteiger partial charge in [0.05, 0.1) is 5.02 Å². The van der Waals surface area contributed by atoms with Gasteiger partial charge in [0, 0.05) is 11.7 Å². The van der Waals surface area contributed by atoms with Crippen molar-refractivity contribution in [3.63, 3.8) is 0 Å². The van der Waals surface area contributed by atoms with Gasteiger partial charge in [-0.3, -0.25) is 0 Å². The maximum Gasteiger partial charge on any atom is 0.141 e. The van der Waals surface area contributed by atoms with Crippen LogP contribution in [0.5, 0.6) is 0 Å². The molecule has 0 amide bonds. The molecule has 1 aromatic carbocycles. The van der Waals surface area contributed by atoms with E-state index < -0.39 is 0 Å². The average Bonchev–Trinajstić information content (AvgIpc) is 2.20. The van der Waals surface area contributed by atoms with Crippen molar-refractivity contribution in [2.45, 2.75) is 39.2 Å². The van der Waals surface area contributed by atoms with Crippen LogP contribution in [0.1, 0.15) is 33.1 Å². The lowest BCUT2D eigenvalue weighted by atomic mass is 10.1. The first kappa shape index (κ1) is 12.3. The van der Waals surface area contributed by atoms with Gasteiger partial charge >= 0.3 is 0 Å². The van der Waals surface area contributed by atoms with Crippen LogP contribution in [0.4, 0.5) is 10.1 Å². The highest BCUT2D eigenvalue weighted by Crippen LogP contribution is 2.20. The predicted molar refractivity (Wildman–Crippen MR) is 64.0 cm³/mol. The van der Waals surface area contributed by atoms with Crippen molar-refractivity contribution >= 4 is 17.3 Å². The van der Waals surface area contributed by atoms with Crippen LogP contribution in [-0.2, 0) is 0 Å². The average molecular weight is 230 g/mol. The first-order valence-electron chi connectivity index (χ1n) is 5.35. The molecule has 0 bridgehead atoms. The van der Waals surface area contributed by atoms with E-state index in [0.29, 0.717) is 6.04 Å². The molecule has 0 aliphatic carbocycles. The number of hydrogen-bond donors (Lipinski definition) is 1. The predicted octanol–water partition coefficient (Wildman–Crippen LogP) is 4.47. The van der Waals surface area contributed by atoms with Gasteiger partial charge in [0.15, 0.2) is 0 Å². The zero-order valence-corrected chi connectivity index (χ0v) is 9.94. The van der Waals surface area contributed by atoms with Crippen LogP contribution >= 0.6 is 11.6 Å². The fourth-order valence-corrected chi connectivity index (χ4v) is 1.63. The number of halogens is 2. The number of anilines is 1. The maximum atomic E-state index is 12.9. The van der Waals surface area contributed by atoms with Gasteiger partial charge in [-0.25, -0.2) is 4.39 Å². The van der Waals surface area contributed by atoms with Gasteiger partial charge in [0.25, 0.3) is 0 Å². The summed E-state index contributed by atoms with van der Waals surface area (Å²) in [5.74, 6) is -0.372. The fraction of sp³-hybridized carbons (Fsp3) is 0.500. The highest BCUT2D eigenvalue weighted by Gasteiger charge is 2.04. The standard InChI is InChI=1S/C12H17ClFN/c1-3-4-5-9(2)15-10-6-7-12(14)11(13)8-10/h6-9,15H,3-5H2,1-2H3. The molecule has 0 fully saturated rings. The van der Waals surface area contributed by atoms with E-state index in [1.807, 2.05) is 0 Å². The van der Waals surface area contributed by atoms with Gasteiger partial charge in [-0.15, -0.1) is 0 Å². The Labute approximate surface area is 95.6 Å². The van der Waals surface area contributed by atoms with Crippen molar-refractivity contribution in [3.8, 4) is 0 Å². The summed E-state index contributed by atoms with van der Waals surface area (Å²) < 4.78 is 12.9. The lowest BCUT2D eigenvalue weighted by Crippen LogP contribution is -2.14. The minimum absolute atomic E-state index is 0.169. The summed E-state index contributed by atoms with van der Waals surface area (Å²) in [6.07, 6.45) is 3.50. The highest BCUT2D eigenvalue weighted by molar-refractivity contribution is 6.31. The molecule has 15 heavy (non-hydrogen) atoms. The molecule has 1 unspecified atom stereocenters. The van der Waals surface area contributed by atoms with Gasteiger partial charge in [-0.05, 0) is 31.5 Å². The van der Waals surface area contributed by atoms with Gasteiger partial charge in [0.1, 0.15) is 5.82 Å². The summed E-state index contributed by atoms with van der Waals surface area (Å²) >= 11 is 5.69. The first-order chi connectivity index (χ1) is 7.13. The first-order valence-corrected chi connectivity index (χ1v) is 5.73. The Morgan fingerprint density at radius 2 is 2.20 bits per heavy atom. The Bertz CT molecular complexity index is 314. The van der Waals surface area contributed by atoms with Crippen LogP contribution in [0.25, 0.3) is 0 Å². The van der Waals surface area contributed by atoms with Crippen LogP contribution in [0.15, 0.2) is 18.2 Å². The minimum atomic E-state index is -0.372. The minimum Gasteiger partial charge on any atom is -0.383 e. The number of hydrogen-bond acceptors (Lipinski definition) is 1. The van der Waals surface area contributed by atoms with Crippen molar-refractivity contribution in [2.75, 3.05) is 5.32 Å². The summed E-state index contributed by atoms with van der Waals surface area (Å²) in [6, 6.07) is 5.12. The lowest BCUT2D eigenvalue weighted by molar-refractivity contribution is 0.627. The van der Waals surface area contributed by atoms with E-state index >= 15 is 0 Å². The number of benzene rings is 1. The zero-order valence-electron chi connectivity index (χ0n) is 9.19. The molecule has 84 valence electrons. The summed E-state index contributed by atoms with van der Waals surface area (Å²) in [4.78, 5) is 0. The second-order valence-electron chi connectivity index (χ2n) is 3.82. The molecular weight excluding hydrogens is 213 g/mol. The van der Waals surface area contributed by atoms with E-state index in [9.17, 15) is 4.39 Å². The van der Waals surface area contributed by atoms with Crippen molar-refractivity contribution in [1.82, 2.24) is 0 Å². The molecule has 1 N–H and O–H groups in total. The number of unbranched alkanes of at least 4 members (excludes halogenated alkanes) is 1. The van der Waals surface area contributed by atoms with Gasteiger partial charge in [-0.1, -0.05) is 31.4 Å². The summed E-state index contributed by atoms with van der Waals surface area (Å²) in [5.41, 5.74) is 0.880. The molecule has 0 radical (unpaired) electrons. The topological polar surface area (TPSA) is 12.0 Å². The molecular formula is C12H17ClFN. The van der Waals surface area contributed by atoms with Gasteiger partial charge < -0.3 is 5.32 Å². The van der Waals surface area contributed by atoms with E-state index in [0.717, 1.165) is 12.1 Å². The molecule has 1 nitrogen and oxygen atoms in total. The van der Waals surface area contributed by atoms with Crippen LogP contribution in [0, 0.1) is 5.82 Å². The Morgan fingerprint density at radius 3 is 2.80 bits per heavy atom. The molecule has 0 aliphatic heterocycles. The smallest absolute Gasteiger partial charge is 0.141 e. The molecule has 0 aliphatic rings. The Balaban J connectivity index is 2.53. The molecule has 0 heterocycles. The summed E-state index contributed by atoms with van der Waals surface area (Å²) in [6.45, 7) is 4.29. The number of nitrogens with one attached hydrogen (secondary N) is 1. The van der Waals surface area contributed by atoms with Crippen LogP contribution in [-0.4, -0.2) is 6.04 Å². The van der Waals surface area contributed by atoms with E-state index in [1.165, 1.54) is 18.9 Å². The molecule has 0 saturated carbocycles. The van der Waals surface area contributed by atoms with Crippen LogP contribution < -0.4 is 5.32 Å². The molecule has 0 saturated heterocycles. The van der Waals surface area contributed by atoms with Crippen LogP contribution in [0.3, 0.4) is 0 Å². The van der Waals surface area contributed by atoms with E-state index in [1.54, 1.807) is 12.1 Å². The third-order valence-corrected chi connectivity index (χ3v) is 2.61. The zero-order chi connectivity index (χ0) is 11.3. The van der Waals surface area contributed by atoms with Crippen molar-refractivity contribution in [3.05, 3.63) is 29.0 Å². The monoisotopic (exact) mass is 229 g/mol. The molecule has 1 atom stereocenters. The van der Waals surface area contributed by atoms with E-state index in [2.05, 4.69) is 19.2 Å². The molecule has 0 aromatic heterocycles. The third-order valence-electron chi connectivity index (χ3n) is 2.32. The largest absolute Gasteiger partial charge is 0.383 e. The van der Waals surface area contributed by atoms with Crippen molar-refractivity contribution < 1.29 is 4.39 Å². The summed E-state index contributed by atoms with van der Waals surface area (Å²) in [7, 11) is 0. The van der Waals surface area contributed by atoms with E-state index in [4.69, 9.17) is 11.6 Å². The van der Waals surface area contributed by atoms with Gasteiger partial charge in [0.2, 0.25) is 0 Å². The quantitative estimate of drug-likeness (QED) is 0.786. The second-order valence-corrected chi connectivity index (χ2v) is 4.22. The Kier molecular flexibility index (Phi) is 4.89. The summed E-state index contributed by atoms with van der Waals surface area (Å²) in [5, 5.41) is 3.46. The van der Waals surface area contributed by atoms with Crippen molar-refractivity contribution in [1.29, 1.82) is 0 Å². The number of rotatable bonds is 5. The highest BCUT2D eigenvalue weighted by atomic mass is 35.5. The van der Waals surface area contributed by atoms with E-state index in [-0.39, 0.29) is 10.8 Å². The molecule has 1 rings (SSSR count). The maximum absolute atomic E-state index is 12.9. The van der Waals surface area contributed by atoms with Gasteiger partial charge in [-0.2, -0.15) is 0 Å². The SMILES string of the molecule is CCCCC(C)Nc1ccc(F)c(Cl)c1. The van der Waals surface area contributed by atoms with Crippen molar-refractivity contribution in [2.24, 2.45) is 0 Å². The molecule has 1 aromatic rings. The third kappa shape index (κ3) is 4.08. The fourth-order valence-electron chi connectivity index (χ4n) is 1.45. The Hall–Kier alpha value is -0.760. The molecule has 0 spiro atoms. The normalized spacial score (nSPS) is 12.5. The van der Waals surface area contributed by atoms with Crippen LogP contribution in [0.2, 0.25) is 5.02 Å². The second kappa shape index (κ2) is 5.96.